The molecule has 1 aliphatic heterocycles. The van der Waals surface area contributed by atoms with E-state index >= 15 is 0 Å². The fourth-order valence-electron chi connectivity index (χ4n) is 2.66. The van der Waals surface area contributed by atoms with Crippen molar-refractivity contribution in [1.29, 1.82) is 0 Å². The van der Waals surface area contributed by atoms with Crippen LogP contribution in [0.2, 0.25) is 0 Å². The number of rotatable bonds is 2. The Morgan fingerprint density at radius 1 is 1.33 bits per heavy atom. The number of hydrogen-bond donors (Lipinski definition) is 1. The van der Waals surface area contributed by atoms with Gasteiger partial charge in [0.15, 0.2) is 5.82 Å². The minimum atomic E-state index is 0.143. The molecule has 1 aliphatic rings. The molecule has 2 heterocycles. The van der Waals surface area contributed by atoms with E-state index in [1.54, 1.807) is 0 Å². The van der Waals surface area contributed by atoms with Crippen molar-refractivity contribution in [2.24, 2.45) is 0 Å². The van der Waals surface area contributed by atoms with E-state index in [4.69, 9.17) is 0 Å². The maximum absolute atomic E-state index is 9.39. The van der Waals surface area contributed by atoms with Gasteiger partial charge >= 0.3 is 0 Å². The van der Waals surface area contributed by atoms with E-state index < -0.39 is 0 Å². The first kappa shape index (κ1) is 11.4. The van der Waals surface area contributed by atoms with Crippen LogP contribution in [0.5, 0.6) is 0 Å². The summed E-state index contributed by atoms with van der Waals surface area (Å²) in [6, 6.07) is 8.22. The van der Waals surface area contributed by atoms with Crippen LogP contribution < -0.4 is 0 Å². The SMILES string of the molecule is Cc1ccccc1-c1nnc2n1CCCC2CO. The zero-order valence-corrected chi connectivity index (χ0v) is 10.5. The van der Waals surface area contributed by atoms with Crippen molar-refractivity contribution in [1.82, 2.24) is 14.8 Å². The van der Waals surface area contributed by atoms with Crippen LogP contribution in [-0.2, 0) is 6.54 Å². The summed E-state index contributed by atoms with van der Waals surface area (Å²) in [6.07, 6.45) is 2.08. The summed E-state index contributed by atoms with van der Waals surface area (Å²) in [4.78, 5) is 0. The molecule has 4 heteroatoms. The monoisotopic (exact) mass is 243 g/mol. The highest BCUT2D eigenvalue weighted by atomic mass is 16.3. The third-order valence-corrected chi connectivity index (χ3v) is 3.69. The van der Waals surface area contributed by atoms with Crippen molar-refractivity contribution in [3.05, 3.63) is 35.7 Å². The molecule has 0 fully saturated rings. The average Bonchev–Trinajstić information content (AvgIpc) is 2.83. The Morgan fingerprint density at radius 2 is 2.17 bits per heavy atom. The molecule has 0 spiro atoms. The number of hydrogen-bond acceptors (Lipinski definition) is 3. The second kappa shape index (κ2) is 4.53. The smallest absolute Gasteiger partial charge is 0.164 e. The Bertz CT molecular complexity index is 562. The highest BCUT2D eigenvalue weighted by molar-refractivity contribution is 5.60. The van der Waals surface area contributed by atoms with E-state index in [0.29, 0.717) is 0 Å². The average molecular weight is 243 g/mol. The third kappa shape index (κ3) is 1.73. The van der Waals surface area contributed by atoms with Gasteiger partial charge in [0.25, 0.3) is 0 Å². The van der Waals surface area contributed by atoms with E-state index in [2.05, 4.69) is 33.8 Å². The van der Waals surface area contributed by atoms with Crippen molar-refractivity contribution in [3.8, 4) is 11.4 Å². The second-order valence-corrected chi connectivity index (χ2v) is 4.87. The molecule has 1 aromatic carbocycles. The number of fused-ring (bicyclic) bond motifs is 1. The number of aliphatic hydroxyl groups excluding tert-OH is 1. The first-order valence-electron chi connectivity index (χ1n) is 6.41. The molecule has 1 unspecified atom stereocenters. The van der Waals surface area contributed by atoms with Crippen molar-refractivity contribution in [2.45, 2.75) is 32.2 Å². The van der Waals surface area contributed by atoms with E-state index in [0.717, 1.165) is 36.6 Å². The molecule has 0 saturated carbocycles. The summed E-state index contributed by atoms with van der Waals surface area (Å²) in [6.45, 7) is 3.19. The highest BCUT2D eigenvalue weighted by Crippen LogP contribution is 2.30. The van der Waals surface area contributed by atoms with Crippen LogP contribution in [0.3, 0.4) is 0 Å². The topological polar surface area (TPSA) is 50.9 Å². The number of nitrogens with zero attached hydrogens (tertiary/aromatic N) is 3. The zero-order valence-electron chi connectivity index (χ0n) is 10.5. The summed E-state index contributed by atoms with van der Waals surface area (Å²) < 4.78 is 2.16. The minimum Gasteiger partial charge on any atom is -0.396 e. The Labute approximate surface area is 106 Å². The van der Waals surface area contributed by atoms with Crippen LogP contribution in [-0.4, -0.2) is 26.5 Å². The van der Waals surface area contributed by atoms with Gasteiger partial charge in [0.05, 0.1) is 6.61 Å². The molecule has 1 atom stereocenters. The van der Waals surface area contributed by atoms with Gasteiger partial charge in [-0.1, -0.05) is 24.3 Å². The van der Waals surface area contributed by atoms with Gasteiger partial charge in [-0.05, 0) is 25.3 Å². The van der Waals surface area contributed by atoms with Crippen LogP contribution in [0.25, 0.3) is 11.4 Å². The second-order valence-electron chi connectivity index (χ2n) is 4.87. The normalized spacial score (nSPS) is 18.7. The fraction of sp³-hybridized carbons (Fsp3) is 0.429. The molecular weight excluding hydrogens is 226 g/mol. The molecule has 0 bridgehead atoms. The standard InChI is InChI=1S/C14H17N3O/c1-10-5-2-3-7-12(10)14-16-15-13-11(9-18)6-4-8-17(13)14/h2-3,5,7,11,18H,4,6,8-9H2,1H3. The van der Waals surface area contributed by atoms with Gasteiger partial charge in [-0.2, -0.15) is 0 Å². The first-order valence-corrected chi connectivity index (χ1v) is 6.41. The van der Waals surface area contributed by atoms with Gasteiger partial charge in [0, 0.05) is 18.0 Å². The number of aliphatic hydroxyl groups is 1. The predicted molar refractivity (Wildman–Crippen MR) is 69.3 cm³/mol. The van der Waals surface area contributed by atoms with E-state index in [1.165, 1.54) is 5.56 Å². The summed E-state index contributed by atoms with van der Waals surface area (Å²) in [5.41, 5.74) is 2.34. The summed E-state index contributed by atoms with van der Waals surface area (Å²) in [5, 5.41) is 18.0. The Kier molecular flexibility index (Phi) is 2.88. The van der Waals surface area contributed by atoms with Gasteiger partial charge in [0.2, 0.25) is 0 Å². The lowest BCUT2D eigenvalue weighted by atomic mass is 9.99. The largest absolute Gasteiger partial charge is 0.396 e. The van der Waals surface area contributed by atoms with Crippen molar-refractivity contribution in [2.75, 3.05) is 6.61 Å². The molecule has 0 aliphatic carbocycles. The maximum Gasteiger partial charge on any atom is 0.164 e. The van der Waals surface area contributed by atoms with Crippen molar-refractivity contribution < 1.29 is 5.11 Å². The van der Waals surface area contributed by atoms with Gasteiger partial charge in [0.1, 0.15) is 5.82 Å². The summed E-state index contributed by atoms with van der Waals surface area (Å²) in [5.74, 6) is 2.01. The van der Waals surface area contributed by atoms with Crippen LogP contribution in [0, 0.1) is 6.92 Å². The van der Waals surface area contributed by atoms with Crippen LogP contribution in [0.4, 0.5) is 0 Å². The Hall–Kier alpha value is -1.68. The summed E-state index contributed by atoms with van der Waals surface area (Å²) >= 11 is 0. The van der Waals surface area contributed by atoms with Gasteiger partial charge in [-0.15, -0.1) is 10.2 Å². The number of aryl methyl sites for hydroxylation is 1. The minimum absolute atomic E-state index is 0.143. The number of benzene rings is 1. The molecule has 0 radical (unpaired) electrons. The van der Waals surface area contributed by atoms with E-state index in [-0.39, 0.29) is 12.5 Å². The first-order chi connectivity index (χ1) is 8.81. The third-order valence-electron chi connectivity index (χ3n) is 3.69. The Balaban J connectivity index is 2.10. The molecule has 2 aromatic rings. The predicted octanol–water partition coefficient (Wildman–Crippen LogP) is 2.12. The lowest BCUT2D eigenvalue weighted by Crippen LogP contribution is -2.19. The highest BCUT2D eigenvalue weighted by Gasteiger charge is 2.25. The molecule has 0 saturated heterocycles. The van der Waals surface area contributed by atoms with Crippen LogP contribution >= 0.6 is 0 Å². The molecule has 18 heavy (non-hydrogen) atoms. The van der Waals surface area contributed by atoms with Gasteiger partial charge < -0.3 is 9.67 Å². The molecular formula is C14H17N3O. The van der Waals surface area contributed by atoms with E-state index in [9.17, 15) is 5.11 Å². The zero-order chi connectivity index (χ0) is 12.5. The van der Waals surface area contributed by atoms with E-state index in [1.807, 2.05) is 12.1 Å². The molecule has 1 aromatic heterocycles. The lowest BCUT2D eigenvalue weighted by Gasteiger charge is -2.22. The molecule has 0 amide bonds. The molecule has 3 rings (SSSR count). The molecule has 94 valence electrons. The van der Waals surface area contributed by atoms with Gasteiger partial charge in [-0.3, -0.25) is 0 Å². The van der Waals surface area contributed by atoms with Gasteiger partial charge in [-0.25, -0.2) is 0 Å². The van der Waals surface area contributed by atoms with Crippen molar-refractivity contribution >= 4 is 0 Å². The number of aromatic nitrogens is 3. The molecule has 4 nitrogen and oxygen atoms in total. The fourth-order valence-corrected chi connectivity index (χ4v) is 2.66. The summed E-state index contributed by atoms with van der Waals surface area (Å²) in [7, 11) is 0. The van der Waals surface area contributed by atoms with Crippen LogP contribution in [0.1, 0.15) is 30.1 Å². The lowest BCUT2D eigenvalue weighted by molar-refractivity contribution is 0.238. The van der Waals surface area contributed by atoms with Crippen molar-refractivity contribution in [3.63, 3.8) is 0 Å². The maximum atomic E-state index is 9.39. The molecule has 1 N–H and O–H groups in total. The Morgan fingerprint density at radius 3 is 2.94 bits per heavy atom. The van der Waals surface area contributed by atoms with Crippen LogP contribution in [0.15, 0.2) is 24.3 Å². The quantitative estimate of drug-likeness (QED) is 0.879.